The third-order valence-corrected chi connectivity index (χ3v) is 9.61. The molecule has 1 aromatic carbocycles. The number of aryl methyl sites for hydroxylation is 1. The topological polar surface area (TPSA) is 228 Å². The van der Waals surface area contributed by atoms with Crippen LogP contribution in [0.4, 0.5) is 0 Å². The van der Waals surface area contributed by atoms with E-state index in [9.17, 15) is 33.9 Å². The van der Waals surface area contributed by atoms with E-state index in [1.54, 1.807) is 0 Å². The summed E-state index contributed by atoms with van der Waals surface area (Å²) >= 11 is 0. The van der Waals surface area contributed by atoms with Gasteiger partial charge in [0.1, 0.15) is 19.3 Å². The van der Waals surface area contributed by atoms with Gasteiger partial charge in [0, 0.05) is 38.9 Å². The van der Waals surface area contributed by atoms with Crippen LogP contribution in [0.25, 0.3) is 0 Å². The second-order valence-electron chi connectivity index (χ2n) is 14.8. The SMILES string of the molecule is CCc1ccc(CNC(=O)COCCOCCNC(=O)COCCOCCNC(=O)CCC(NC(=O)CCCCCCCCCCCCCCCCC(=O)O)C(=O)O)cc1. The Bertz CT molecular complexity index is 1310. The summed E-state index contributed by atoms with van der Waals surface area (Å²) < 4.78 is 21.4. The van der Waals surface area contributed by atoms with E-state index in [0.29, 0.717) is 19.5 Å². The highest BCUT2D eigenvalue weighted by atomic mass is 16.5. The molecule has 60 heavy (non-hydrogen) atoms. The van der Waals surface area contributed by atoms with Gasteiger partial charge in [-0.25, -0.2) is 4.79 Å². The largest absolute Gasteiger partial charge is 0.481 e. The van der Waals surface area contributed by atoms with E-state index in [-0.39, 0.29) is 109 Å². The van der Waals surface area contributed by atoms with Crippen LogP contribution < -0.4 is 21.3 Å². The average Bonchev–Trinajstić information content (AvgIpc) is 3.23. The summed E-state index contributed by atoms with van der Waals surface area (Å²) in [5.74, 6) is -3.08. The third kappa shape index (κ3) is 33.7. The Morgan fingerprint density at radius 3 is 1.42 bits per heavy atom. The predicted octanol–water partition coefficient (Wildman–Crippen LogP) is 4.84. The molecule has 0 spiro atoms. The van der Waals surface area contributed by atoms with Crippen molar-refractivity contribution in [1.82, 2.24) is 21.3 Å². The molecule has 16 heteroatoms. The van der Waals surface area contributed by atoms with Crippen LogP contribution >= 0.6 is 0 Å². The number of rotatable bonds is 41. The van der Waals surface area contributed by atoms with Crippen LogP contribution in [-0.4, -0.2) is 118 Å². The number of carbonyl (C=O) groups is 6. The second-order valence-corrected chi connectivity index (χ2v) is 14.8. The molecule has 0 bridgehead atoms. The zero-order valence-electron chi connectivity index (χ0n) is 36.1. The Morgan fingerprint density at radius 1 is 0.500 bits per heavy atom. The number of ether oxygens (including phenoxy) is 4. The highest BCUT2D eigenvalue weighted by Gasteiger charge is 2.20. The molecular formula is C44H74N4O12. The van der Waals surface area contributed by atoms with Crippen molar-refractivity contribution in [3.8, 4) is 0 Å². The molecule has 0 heterocycles. The average molecular weight is 851 g/mol. The molecular weight excluding hydrogens is 776 g/mol. The zero-order valence-corrected chi connectivity index (χ0v) is 36.1. The molecule has 1 unspecified atom stereocenters. The summed E-state index contributed by atoms with van der Waals surface area (Å²) in [5, 5.41) is 28.8. The highest BCUT2D eigenvalue weighted by Crippen LogP contribution is 2.14. The molecule has 342 valence electrons. The standard InChI is InChI=1S/C44H74N4O12/c1-2-36-19-21-37(22-20-36)33-47-42(52)35-60-32-30-58-28-26-46-41(51)34-59-31-29-57-27-25-45-39(49)24-23-38(44(55)56)48-40(50)17-15-13-11-9-7-5-3-4-6-8-10-12-14-16-18-43(53)54/h19-22,38H,2-18,23-35H2,1H3,(H,45,49)(H,46,51)(H,47,52)(H,48,50)(H,53,54)(H,55,56). The lowest BCUT2D eigenvalue weighted by atomic mass is 10.0. The molecule has 1 aromatic rings. The van der Waals surface area contributed by atoms with E-state index < -0.39 is 18.0 Å². The van der Waals surface area contributed by atoms with E-state index in [1.165, 1.54) is 50.5 Å². The first-order valence-electron chi connectivity index (χ1n) is 22.0. The Morgan fingerprint density at radius 2 is 0.933 bits per heavy atom. The minimum Gasteiger partial charge on any atom is -0.481 e. The van der Waals surface area contributed by atoms with Crippen LogP contribution in [0.1, 0.15) is 134 Å². The lowest BCUT2D eigenvalue weighted by Gasteiger charge is -2.14. The Balaban J connectivity index is 1.91. The number of benzene rings is 1. The molecule has 0 aliphatic carbocycles. The molecule has 16 nitrogen and oxygen atoms in total. The second kappa shape index (κ2) is 37.8. The number of nitrogens with one attached hydrogen (secondary N) is 4. The van der Waals surface area contributed by atoms with Crippen LogP contribution in [0.2, 0.25) is 0 Å². The van der Waals surface area contributed by atoms with Crippen molar-refractivity contribution in [3.05, 3.63) is 35.4 Å². The lowest BCUT2D eigenvalue weighted by molar-refractivity contribution is -0.142. The minimum absolute atomic E-state index is 0.0210. The molecule has 0 radical (unpaired) electrons. The van der Waals surface area contributed by atoms with Crippen molar-refractivity contribution in [3.63, 3.8) is 0 Å². The number of carboxylic acids is 2. The molecule has 0 fully saturated rings. The van der Waals surface area contributed by atoms with Crippen LogP contribution in [0, 0.1) is 0 Å². The fourth-order valence-corrected chi connectivity index (χ4v) is 6.06. The van der Waals surface area contributed by atoms with Crippen molar-refractivity contribution in [2.24, 2.45) is 0 Å². The van der Waals surface area contributed by atoms with E-state index in [0.717, 1.165) is 50.5 Å². The Kier molecular flexibility index (Phi) is 34.0. The van der Waals surface area contributed by atoms with Gasteiger partial charge in [0.25, 0.3) is 0 Å². The Labute approximate surface area is 357 Å². The van der Waals surface area contributed by atoms with Gasteiger partial charge in [0.15, 0.2) is 0 Å². The van der Waals surface area contributed by atoms with Gasteiger partial charge in [-0.3, -0.25) is 24.0 Å². The Hall–Kier alpha value is -4.12. The molecule has 0 aromatic heterocycles. The zero-order chi connectivity index (χ0) is 43.9. The first kappa shape index (κ1) is 53.9. The normalized spacial score (nSPS) is 11.5. The number of carbonyl (C=O) groups excluding carboxylic acids is 4. The quantitative estimate of drug-likeness (QED) is 0.0487. The van der Waals surface area contributed by atoms with E-state index in [2.05, 4.69) is 28.2 Å². The van der Waals surface area contributed by atoms with Gasteiger partial charge in [0.05, 0.1) is 39.6 Å². The minimum atomic E-state index is -1.18. The molecule has 0 saturated heterocycles. The van der Waals surface area contributed by atoms with Gasteiger partial charge in [-0.2, -0.15) is 0 Å². The van der Waals surface area contributed by atoms with Crippen LogP contribution in [0.15, 0.2) is 24.3 Å². The first-order chi connectivity index (χ1) is 29.1. The summed E-state index contributed by atoms with van der Waals surface area (Å²) in [5.41, 5.74) is 2.27. The van der Waals surface area contributed by atoms with Crippen LogP contribution in [0.5, 0.6) is 0 Å². The summed E-state index contributed by atoms with van der Waals surface area (Å²) in [6, 6.07) is 6.94. The van der Waals surface area contributed by atoms with Crippen molar-refractivity contribution in [2.45, 2.75) is 142 Å². The molecule has 1 atom stereocenters. The maximum atomic E-state index is 12.3. The van der Waals surface area contributed by atoms with E-state index in [4.69, 9.17) is 24.1 Å². The predicted molar refractivity (Wildman–Crippen MR) is 227 cm³/mol. The summed E-state index contributed by atoms with van der Waals surface area (Å²) in [7, 11) is 0. The van der Waals surface area contributed by atoms with Gasteiger partial charge >= 0.3 is 11.9 Å². The molecule has 0 saturated carbocycles. The molecule has 6 N–H and O–H groups in total. The number of unbranched alkanes of at least 4 members (excludes halogenated alkanes) is 13. The molecule has 4 amide bonds. The smallest absolute Gasteiger partial charge is 0.326 e. The highest BCUT2D eigenvalue weighted by molar-refractivity contribution is 5.84. The number of aliphatic carboxylic acids is 2. The number of carboxylic acid groups (broad SMARTS) is 2. The first-order valence-corrected chi connectivity index (χ1v) is 22.0. The van der Waals surface area contributed by atoms with Gasteiger partial charge in [-0.1, -0.05) is 108 Å². The van der Waals surface area contributed by atoms with Gasteiger partial charge in [-0.05, 0) is 36.8 Å². The number of hydrogen-bond donors (Lipinski definition) is 6. The third-order valence-electron chi connectivity index (χ3n) is 9.61. The van der Waals surface area contributed by atoms with Crippen molar-refractivity contribution < 1.29 is 57.9 Å². The fourth-order valence-electron chi connectivity index (χ4n) is 6.06. The molecule has 1 rings (SSSR count). The van der Waals surface area contributed by atoms with Crippen molar-refractivity contribution >= 4 is 35.6 Å². The molecule has 0 aliphatic rings. The maximum Gasteiger partial charge on any atom is 0.326 e. The number of hydrogen-bond acceptors (Lipinski definition) is 10. The van der Waals surface area contributed by atoms with Gasteiger partial charge < -0.3 is 50.4 Å². The van der Waals surface area contributed by atoms with Crippen LogP contribution in [-0.2, 0) is 60.7 Å². The van der Waals surface area contributed by atoms with E-state index >= 15 is 0 Å². The summed E-state index contributed by atoms with van der Waals surface area (Å²) in [6.45, 7) is 4.24. The summed E-state index contributed by atoms with van der Waals surface area (Å²) in [4.78, 5) is 70.5. The van der Waals surface area contributed by atoms with Crippen LogP contribution in [0.3, 0.4) is 0 Å². The molecule has 0 aliphatic heterocycles. The van der Waals surface area contributed by atoms with Crippen molar-refractivity contribution in [2.75, 3.05) is 65.9 Å². The van der Waals surface area contributed by atoms with Crippen molar-refractivity contribution in [1.29, 1.82) is 0 Å². The van der Waals surface area contributed by atoms with Gasteiger partial charge in [-0.15, -0.1) is 0 Å². The number of amides is 4. The monoisotopic (exact) mass is 851 g/mol. The van der Waals surface area contributed by atoms with E-state index in [1.807, 2.05) is 24.3 Å². The van der Waals surface area contributed by atoms with Gasteiger partial charge in [0.2, 0.25) is 23.6 Å². The maximum absolute atomic E-state index is 12.3. The lowest BCUT2D eigenvalue weighted by Crippen LogP contribution is -2.41. The summed E-state index contributed by atoms with van der Waals surface area (Å²) in [6.07, 6.45) is 16.5. The fraction of sp³-hybridized carbons (Fsp3) is 0.727.